The van der Waals surface area contributed by atoms with Crippen LogP contribution in [0.3, 0.4) is 0 Å². The van der Waals surface area contributed by atoms with Crippen molar-refractivity contribution in [3.8, 4) is 11.5 Å². The Balaban J connectivity index is 1.77. The number of rotatable bonds is 7. The molecule has 1 aromatic carbocycles. The second-order valence-electron chi connectivity index (χ2n) is 7.97. The van der Waals surface area contributed by atoms with E-state index in [0.717, 1.165) is 56.6 Å². The van der Waals surface area contributed by atoms with Gasteiger partial charge in [-0.05, 0) is 51.3 Å². The fourth-order valence-electron chi connectivity index (χ4n) is 3.48. The molecule has 7 heteroatoms. The topological polar surface area (TPSA) is 73.3 Å². The third-order valence-electron chi connectivity index (χ3n) is 5.54. The lowest BCUT2D eigenvalue weighted by Crippen LogP contribution is -2.48. The third-order valence-corrected chi connectivity index (χ3v) is 5.54. The first-order valence-corrected chi connectivity index (χ1v) is 10.0. The molecule has 0 radical (unpaired) electrons. The Morgan fingerprint density at radius 2 is 1.93 bits per heavy atom. The molecule has 2 heterocycles. The van der Waals surface area contributed by atoms with Gasteiger partial charge in [-0.25, -0.2) is 0 Å². The summed E-state index contributed by atoms with van der Waals surface area (Å²) in [7, 11) is 1.71. The number of guanidine groups is 1. The van der Waals surface area contributed by atoms with Crippen LogP contribution in [0.25, 0.3) is 0 Å². The van der Waals surface area contributed by atoms with Gasteiger partial charge in [0.25, 0.3) is 0 Å². The number of ether oxygens (including phenoxy) is 4. The highest BCUT2D eigenvalue weighted by Gasteiger charge is 2.36. The Kier molecular flexibility index (Phi) is 6.67. The van der Waals surface area contributed by atoms with E-state index in [-0.39, 0.29) is 11.0 Å². The molecule has 1 fully saturated rings. The van der Waals surface area contributed by atoms with Crippen LogP contribution in [0.1, 0.15) is 39.2 Å². The van der Waals surface area contributed by atoms with Crippen LogP contribution in [-0.2, 0) is 14.9 Å². The van der Waals surface area contributed by atoms with E-state index in [4.69, 9.17) is 23.9 Å². The number of nitrogens with zero attached hydrogens (tertiary/aromatic N) is 1. The van der Waals surface area contributed by atoms with Gasteiger partial charge in [0.2, 0.25) is 6.79 Å². The quantitative estimate of drug-likeness (QED) is 0.549. The van der Waals surface area contributed by atoms with E-state index < -0.39 is 0 Å². The van der Waals surface area contributed by atoms with Gasteiger partial charge in [-0.3, -0.25) is 4.99 Å². The molecular weight excluding hydrogens is 358 g/mol. The Morgan fingerprint density at radius 1 is 1.18 bits per heavy atom. The molecule has 2 aliphatic heterocycles. The van der Waals surface area contributed by atoms with E-state index in [1.165, 1.54) is 5.56 Å². The van der Waals surface area contributed by atoms with Crippen molar-refractivity contribution in [3.05, 3.63) is 23.8 Å². The second kappa shape index (κ2) is 9.01. The molecule has 0 aliphatic carbocycles. The van der Waals surface area contributed by atoms with E-state index in [2.05, 4.69) is 29.7 Å². The van der Waals surface area contributed by atoms with Crippen molar-refractivity contribution in [3.63, 3.8) is 0 Å². The van der Waals surface area contributed by atoms with Crippen LogP contribution in [0.15, 0.2) is 23.2 Å². The molecule has 2 aliphatic rings. The molecule has 0 saturated carbocycles. The Labute approximate surface area is 167 Å². The van der Waals surface area contributed by atoms with E-state index in [1.54, 1.807) is 7.11 Å². The zero-order valence-electron chi connectivity index (χ0n) is 17.5. The fraction of sp³-hybridized carbons (Fsp3) is 0.667. The number of aliphatic imine (C=N–C) groups is 1. The summed E-state index contributed by atoms with van der Waals surface area (Å²) in [6, 6.07) is 6.28. The van der Waals surface area contributed by atoms with Gasteiger partial charge in [0.15, 0.2) is 17.5 Å². The van der Waals surface area contributed by atoms with Crippen LogP contribution in [0.5, 0.6) is 11.5 Å². The number of methoxy groups -OCH3 is 1. The monoisotopic (exact) mass is 391 g/mol. The number of fused-ring (bicyclic) bond motifs is 1. The van der Waals surface area contributed by atoms with Crippen LogP contribution in [-0.4, -0.2) is 58.3 Å². The normalized spacial score (nSPS) is 18.8. The predicted molar refractivity (Wildman–Crippen MR) is 109 cm³/mol. The average molecular weight is 392 g/mol. The van der Waals surface area contributed by atoms with Crippen LogP contribution in [0.2, 0.25) is 0 Å². The summed E-state index contributed by atoms with van der Waals surface area (Å²) >= 11 is 0. The fourth-order valence-corrected chi connectivity index (χ4v) is 3.48. The summed E-state index contributed by atoms with van der Waals surface area (Å²) in [4.78, 5) is 4.72. The van der Waals surface area contributed by atoms with Gasteiger partial charge in [0.05, 0.1) is 12.1 Å². The molecule has 1 saturated heterocycles. The van der Waals surface area contributed by atoms with Crippen molar-refractivity contribution in [2.24, 2.45) is 4.99 Å². The highest BCUT2D eigenvalue weighted by Crippen LogP contribution is 2.40. The number of nitrogens with one attached hydrogen (secondary N) is 2. The standard InChI is InChI=1S/C21H33N3O4/c1-5-22-19(23-13-20(2,3)25-4)24-14-21(8-10-26-11-9-21)16-6-7-17-18(12-16)28-15-27-17/h6-7,12H,5,8-11,13-15H2,1-4H3,(H2,22,23,24). The summed E-state index contributed by atoms with van der Waals surface area (Å²) in [6.45, 7) is 10.1. The molecule has 0 atom stereocenters. The molecule has 3 rings (SSSR count). The molecule has 7 nitrogen and oxygen atoms in total. The van der Waals surface area contributed by atoms with Gasteiger partial charge >= 0.3 is 0 Å². The summed E-state index contributed by atoms with van der Waals surface area (Å²) in [6.07, 6.45) is 1.89. The lowest BCUT2D eigenvalue weighted by molar-refractivity contribution is 0.0310. The maximum absolute atomic E-state index is 5.65. The van der Waals surface area contributed by atoms with Crippen molar-refractivity contribution in [1.29, 1.82) is 0 Å². The van der Waals surface area contributed by atoms with Gasteiger partial charge in [0, 0.05) is 38.8 Å². The van der Waals surface area contributed by atoms with E-state index in [9.17, 15) is 0 Å². The molecular formula is C21H33N3O4. The van der Waals surface area contributed by atoms with Gasteiger partial charge in [-0.2, -0.15) is 0 Å². The largest absolute Gasteiger partial charge is 0.454 e. The maximum atomic E-state index is 5.65. The van der Waals surface area contributed by atoms with Crippen LogP contribution in [0, 0.1) is 0 Å². The molecule has 1 aromatic rings. The van der Waals surface area contributed by atoms with Crippen molar-refractivity contribution in [2.75, 3.05) is 46.8 Å². The lowest BCUT2D eigenvalue weighted by Gasteiger charge is -2.38. The second-order valence-corrected chi connectivity index (χ2v) is 7.97. The van der Waals surface area contributed by atoms with Gasteiger partial charge in [-0.15, -0.1) is 0 Å². The highest BCUT2D eigenvalue weighted by atomic mass is 16.7. The van der Waals surface area contributed by atoms with Gasteiger partial charge in [0.1, 0.15) is 0 Å². The van der Waals surface area contributed by atoms with Crippen LogP contribution in [0.4, 0.5) is 0 Å². The zero-order chi connectivity index (χ0) is 20.0. The van der Waals surface area contributed by atoms with E-state index in [0.29, 0.717) is 13.3 Å². The van der Waals surface area contributed by atoms with Crippen LogP contribution >= 0.6 is 0 Å². The molecule has 0 amide bonds. The Morgan fingerprint density at radius 3 is 2.64 bits per heavy atom. The van der Waals surface area contributed by atoms with Crippen molar-refractivity contribution >= 4 is 5.96 Å². The van der Waals surface area contributed by atoms with E-state index >= 15 is 0 Å². The number of benzene rings is 1. The summed E-state index contributed by atoms with van der Waals surface area (Å²) < 4.78 is 22.2. The van der Waals surface area contributed by atoms with Crippen molar-refractivity contribution in [2.45, 2.75) is 44.6 Å². The number of hydrogen-bond donors (Lipinski definition) is 2. The lowest BCUT2D eigenvalue weighted by atomic mass is 9.74. The first-order valence-electron chi connectivity index (χ1n) is 10.0. The Hall–Kier alpha value is -1.99. The molecule has 28 heavy (non-hydrogen) atoms. The van der Waals surface area contributed by atoms with Crippen LogP contribution < -0.4 is 20.1 Å². The molecule has 0 aromatic heterocycles. The van der Waals surface area contributed by atoms with Crippen molar-refractivity contribution in [1.82, 2.24) is 10.6 Å². The zero-order valence-corrected chi connectivity index (χ0v) is 17.5. The molecule has 156 valence electrons. The summed E-state index contributed by atoms with van der Waals surface area (Å²) in [5, 5.41) is 6.89. The highest BCUT2D eigenvalue weighted by molar-refractivity contribution is 5.80. The summed E-state index contributed by atoms with van der Waals surface area (Å²) in [5.74, 6) is 2.45. The third kappa shape index (κ3) is 4.89. The first kappa shape index (κ1) is 20.7. The molecule has 0 unspecified atom stereocenters. The minimum absolute atomic E-state index is 0.0355. The minimum atomic E-state index is -0.296. The predicted octanol–water partition coefficient (Wildman–Crippen LogP) is 2.44. The van der Waals surface area contributed by atoms with Gasteiger partial charge < -0.3 is 29.6 Å². The minimum Gasteiger partial charge on any atom is -0.454 e. The van der Waals surface area contributed by atoms with E-state index in [1.807, 2.05) is 19.9 Å². The average Bonchev–Trinajstić information content (AvgIpc) is 3.19. The van der Waals surface area contributed by atoms with Crippen molar-refractivity contribution < 1.29 is 18.9 Å². The summed E-state index contributed by atoms with van der Waals surface area (Å²) in [5.41, 5.74) is 0.919. The molecule has 0 spiro atoms. The SMILES string of the molecule is CCNC(=NCC(C)(C)OC)NCC1(c2ccc3c(c2)OCO3)CCOCC1. The molecule has 2 N–H and O–H groups in total. The molecule has 0 bridgehead atoms. The Bertz CT molecular complexity index is 684. The first-order chi connectivity index (χ1) is 13.5. The number of hydrogen-bond acceptors (Lipinski definition) is 5. The maximum Gasteiger partial charge on any atom is 0.231 e. The van der Waals surface area contributed by atoms with Gasteiger partial charge in [-0.1, -0.05) is 6.07 Å². The smallest absolute Gasteiger partial charge is 0.231 e.